The number of nitriles is 1. The second-order valence-corrected chi connectivity index (χ2v) is 4.82. The third kappa shape index (κ3) is 3.50. The van der Waals surface area contributed by atoms with E-state index in [-0.39, 0.29) is 17.9 Å². The number of nitrogens with zero attached hydrogens (tertiary/aromatic N) is 3. The second kappa shape index (κ2) is 6.79. The molecule has 0 N–H and O–H groups in total. The first-order valence-corrected chi connectivity index (χ1v) is 7.04. The number of hydrogen-bond donors (Lipinski definition) is 0. The van der Waals surface area contributed by atoms with Gasteiger partial charge in [0.05, 0.1) is 0 Å². The van der Waals surface area contributed by atoms with Crippen LogP contribution in [-0.4, -0.2) is 10.1 Å². The molecule has 24 heavy (non-hydrogen) atoms. The van der Waals surface area contributed by atoms with E-state index in [1.165, 1.54) is 18.2 Å². The Morgan fingerprint density at radius 1 is 1.17 bits per heavy atom. The molecule has 0 saturated heterocycles. The van der Waals surface area contributed by atoms with Crippen LogP contribution in [0.25, 0.3) is 0 Å². The molecule has 0 fully saturated rings. The first-order valence-electron chi connectivity index (χ1n) is 7.04. The van der Waals surface area contributed by atoms with E-state index in [2.05, 4.69) is 10.1 Å². The van der Waals surface area contributed by atoms with Crippen molar-refractivity contribution in [2.45, 2.75) is 13.5 Å². The van der Waals surface area contributed by atoms with Crippen molar-refractivity contribution in [1.29, 1.82) is 5.26 Å². The molecular weight excluding hydrogens is 313 g/mol. The van der Waals surface area contributed by atoms with Gasteiger partial charge in [-0.1, -0.05) is 11.2 Å². The van der Waals surface area contributed by atoms with Crippen LogP contribution in [0.4, 0.5) is 4.39 Å². The molecule has 7 heteroatoms. The second-order valence-electron chi connectivity index (χ2n) is 4.82. The quantitative estimate of drug-likeness (QED) is 0.710. The van der Waals surface area contributed by atoms with Crippen LogP contribution in [0, 0.1) is 24.1 Å². The average molecular weight is 325 g/mol. The highest BCUT2D eigenvalue weighted by Gasteiger charge is 2.10. The molecule has 0 aliphatic rings. The van der Waals surface area contributed by atoms with E-state index in [1.54, 1.807) is 37.3 Å². The lowest BCUT2D eigenvalue weighted by Gasteiger charge is -2.09. The van der Waals surface area contributed by atoms with Crippen LogP contribution < -0.4 is 9.47 Å². The maximum absolute atomic E-state index is 13.5. The minimum atomic E-state index is -0.621. The van der Waals surface area contributed by atoms with E-state index in [0.29, 0.717) is 23.2 Å². The van der Waals surface area contributed by atoms with E-state index in [4.69, 9.17) is 19.3 Å². The van der Waals surface area contributed by atoms with Gasteiger partial charge in [0.25, 0.3) is 5.89 Å². The van der Waals surface area contributed by atoms with Crippen LogP contribution in [0.2, 0.25) is 0 Å². The van der Waals surface area contributed by atoms with E-state index < -0.39 is 5.82 Å². The largest absolute Gasteiger partial charge is 0.484 e. The van der Waals surface area contributed by atoms with Crippen LogP contribution in [0.15, 0.2) is 47.0 Å². The van der Waals surface area contributed by atoms with Gasteiger partial charge in [0.15, 0.2) is 12.4 Å². The topological polar surface area (TPSA) is 81.2 Å². The van der Waals surface area contributed by atoms with Crippen molar-refractivity contribution in [3.63, 3.8) is 0 Å². The van der Waals surface area contributed by atoms with Crippen molar-refractivity contribution in [2.24, 2.45) is 0 Å². The number of aryl methyl sites for hydroxylation is 1. The molecule has 0 amide bonds. The molecule has 1 heterocycles. The SMILES string of the molecule is Cc1noc(COc2ccc(Oc3cccc(F)c3C#N)cc2)n1. The van der Waals surface area contributed by atoms with Crippen molar-refractivity contribution < 1.29 is 18.4 Å². The number of aromatic nitrogens is 2. The highest BCUT2D eigenvalue weighted by molar-refractivity contribution is 5.46. The van der Waals surface area contributed by atoms with Crippen LogP contribution >= 0.6 is 0 Å². The molecule has 0 spiro atoms. The molecular formula is C17H12FN3O3. The standard InChI is InChI=1S/C17H12FN3O3/c1-11-20-17(24-21-11)10-22-12-5-7-13(8-6-12)23-16-4-2-3-15(18)14(16)9-19/h2-8H,10H2,1H3. The van der Waals surface area contributed by atoms with Gasteiger partial charge in [0.1, 0.15) is 34.7 Å². The highest BCUT2D eigenvalue weighted by Crippen LogP contribution is 2.28. The summed E-state index contributed by atoms with van der Waals surface area (Å²) < 4.78 is 29.5. The number of ether oxygens (including phenoxy) is 2. The van der Waals surface area contributed by atoms with Gasteiger partial charge in [-0.05, 0) is 43.3 Å². The van der Waals surface area contributed by atoms with Gasteiger partial charge in [-0.3, -0.25) is 0 Å². The molecule has 0 atom stereocenters. The zero-order chi connectivity index (χ0) is 16.9. The molecule has 0 aliphatic heterocycles. The Labute approximate surface area is 137 Å². The fourth-order valence-corrected chi connectivity index (χ4v) is 1.97. The number of halogens is 1. The minimum Gasteiger partial charge on any atom is -0.484 e. The zero-order valence-corrected chi connectivity index (χ0v) is 12.7. The molecule has 3 rings (SSSR count). The van der Waals surface area contributed by atoms with Crippen LogP contribution in [0.3, 0.4) is 0 Å². The number of rotatable bonds is 5. The Bertz CT molecular complexity index is 885. The molecule has 6 nitrogen and oxygen atoms in total. The predicted octanol–water partition coefficient (Wildman–Crippen LogP) is 3.76. The van der Waals surface area contributed by atoms with E-state index in [9.17, 15) is 4.39 Å². The summed E-state index contributed by atoms with van der Waals surface area (Å²) in [5.41, 5.74) is -0.135. The number of benzene rings is 2. The first-order chi connectivity index (χ1) is 11.7. The average Bonchev–Trinajstić information content (AvgIpc) is 3.00. The summed E-state index contributed by atoms with van der Waals surface area (Å²) in [5, 5.41) is 12.7. The van der Waals surface area contributed by atoms with Crippen LogP contribution in [0.5, 0.6) is 17.2 Å². The Morgan fingerprint density at radius 2 is 1.92 bits per heavy atom. The fourth-order valence-electron chi connectivity index (χ4n) is 1.97. The fraction of sp³-hybridized carbons (Fsp3) is 0.118. The molecule has 0 radical (unpaired) electrons. The minimum absolute atomic E-state index is 0.135. The van der Waals surface area contributed by atoms with Crippen molar-refractivity contribution in [1.82, 2.24) is 10.1 Å². The molecule has 3 aromatic rings. The van der Waals surface area contributed by atoms with Gasteiger partial charge in [0.2, 0.25) is 0 Å². The third-order valence-corrected chi connectivity index (χ3v) is 3.07. The van der Waals surface area contributed by atoms with E-state index in [1.807, 2.05) is 0 Å². The molecule has 2 aromatic carbocycles. The summed E-state index contributed by atoms with van der Waals surface area (Å²) in [6, 6.07) is 12.7. The van der Waals surface area contributed by atoms with Gasteiger partial charge < -0.3 is 14.0 Å². The summed E-state index contributed by atoms with van der Waals surface area (Å²) in [5.74, 6) is 1.50. The lowest BCUT2D eigenvalue weighted by molar-refractivity contribution is 0.242. The van der Waals surface area contributed by atoms with Crippen molar-refractivity contribution >= 4 is 0 Å². The van der Waals surface area contributed by atoms with Crippen molar-refractivity contribution in [3.8, 4) is 23.3 Å². The highest BCUT2D eigenvalue weighted by atomic mass is 19.1. The van der Waals surface area contributed by atoms with Crippen LogP contribution in [0.1, 0.15) is 17.3 Å². The third-order valence-electron chi connectivity index (χ3n) is 3.07. The zero-order valence-electron chi connectivity index (χ0n) is 12.7. The summed E-state index contributed by atoms with van der Waals surface area (Å²) in [7, 11) is 0. The van der Waals surface area contributed by atoms with E-state index in [0.717, 1.165) is 0 Å². The monoisotopic (exact) mass is 325 g/mol. The van der Waals surface area contributed by atoms with Crippen molar-refractivity contribution in [3.05, 3.63) is 65.6 Å². The van der Waals surface area contributed by atoms with Gasteiger partial charge >= 0.3 is 0 Å². The predicted molar refractivity (Wildman–Crippen MR) is 81.0 cm³/mol. The Kier molecular flexibility index (Phi) is 4.38. The maximum atomic E-state index is 13.5. The summed E-state index contributed by atoms with van der Waals surface area (Å²) >= 11 is 0. The van der Waals surface area contributed by atoms with Crippen LogP contribution in [-0.2, 0) is 6.61 Å². The molecule has 0 saturated carbocycles. The maximum Gasteiger partial charge on any atom is 0.264 e. The van der Waals surface area contributed by atoms with Gasteiger partial charge in [-0.2, -0.15) is 10.2 Å². The lowest BCUT2D eigenvalue weighted by atomic mass is 10.2. The molecule has 120 valence electrons. The lowest BCUT2D eigenvalue weighted by Crippen LogP contribution is -1.96. The summed E-state index contributed by atoms with van der Waals surface area (Å²) in [4.78, 5) is 4.03. The molecule has 0 aliphatic carbocycles. The summed E-state index contributed by atoms with van der Waals surface area (Å²) in [6.07, 6.45) is 0. The van der Waals surface area contributed by atoms with Gasteiger partial charge in [-0.15, -0.1) is 0 Å². The van der Waals surface area contributed by atoms with Gasteiger partial charge in [-0.25, -0.2) is 4.39 Å². The Morgan fingerprint density at radius 3 is 2.58 bits per heavy atom. The van der Waals surface area contributed by atoms with Crippen molar-refractivity contribution in [2.75, 3.05) is 0 Å². The van der Waals surface area contributed by atoms with Gasteiger partial charge in [0, 0.05) is 0 Å². The Hall–Kier alpha value is -3.40. The molecule has 0 unspecified atom stereocenters. The normalized spacial score (nSPS) is 10.2. The number of hydrogen-bond acceptors (Lipinski definition) is 6. The Balaban J connectivity index is 1.67. The first kappa shape index (κ1) is 15.5. The summed E-state index contributed by atoms with van der Waals surface area (Å²) in [6.45, 7) is 1.88. The molecule has 1 aromatic heterocycles. The smallest absolute Gasteiger partial charge is 0.264 e. The van der Waals surface area contributed by atoms with E-state index >= 15 is 0 Å². The molecule has 0 bridgehead atoms.